The quantitative estimate of drug-likeness (QED) is 0.706. The molecule has 1 fully saturated rings. The Bertz CT molecular complexity index is 935. The molecule has 1 aromatic heterocycles. The monoisotopic (exact) mass is 409 g/mol. The van der Waals surface area contributed by atoms with Gasteiger partial charge in [0.1, 0.15) is 10.6 Å². The topological polar surface area (TPSA) is 110 Å². The van der Waals surface area contributed by atoms with E-state index in [1.165, 1.54) is 23.7 Å². The predicted molar refractivity (Wildman–Crippen MR) is 101 cm³/mol. The zero-order valence-electron chi connectivity index (χ0n) is 15.7. The molecule has 0 bridgehead atoms. The van der Waals surface area contributed by atoms with E-state index in [0.717, 1.165) is 5.56 Å². The van der Waals surface area contributed by atoms with Gasteiger partial charge < -0.3 is 24.5 Å². The number of rotatable bonds is 7. The number of ether oxygens (including phenoxy) is 3. The molecule has 0 atom stereocenters. The fourth-order valence-electron chi connectivity index (χ4n) is 2.86. The Hall–Kier alpha value is -2.56. The van der Waals surface area contributed by atoms with Crippen molar-refractivity contribution in [3.05, 3.63) is 41.7 Å². The maximum Gasteiger partial charge on any atom is 0.268 e. The molecule has 28 heavy (non-hydrogen) atoms. The summed E-state index contributed by atoms with van der Waals surface area (Å²) in [5, 5.41) is 2.75. The highest BCUT2D eigenvalue weighted by Gasteiger charge is 2.27. The second-order valence-electron chi connectivity index (χ2n) is 6.14. The first kappa shape index (κ1) is 20.2. The second kappa shape index (κ2) is 8.63. The predicted octanol–water partition coefficient (Wildman–Crippen LogP) is 0.983. The summed E-state index contributed by atoms with van der Waals surface area (Å²) in [6, 6.07) is 6.67. The number of morpholine rings is 1. The van der Waals surface area contributed by atoms with Gasteiger partial charge in [0, 0.05) is 25.8 Å². The van der Waals surface area contributed by atoms with Crippen LogP contribution in [0.4, 0.5) is 0 Å². The summed E-state index contributed by atoms with van der Waals surface area (Å²) >= 11 is 0. The van der Waals surface area contributed by atoms with Crippen molar-refractivity contribution in [2.45, 2.75) is 11.4 Å². The zero-order valence-corrected chi connectivity index (χ0v) is 16.5. The molecule has 1 aromatic carbocycles. The van der Waals surface area contributed by atoms with Gasteiger partial charge in [0.15, 0.2) is 11.5 Å². The third kappa shape index (κ3) is 4.29. The first-order valence-corrected chi connectivity index (χ1v) is 10.1. The van der Waals surface area contributed by atoms with Gasteiger partial charge in [-0.15, -0.1) is 0 Å². The van der Waals surface area contributed by atoms with Crippen LogP contribution in [0.15, 0.2) is 35.4 Å². The molecule has 1 amide bonds. The number of hydrogen-bond donors (Lipinski definition) is 2. The number of nitrogens with zero attached hydrogens (tertiary/aromatic N) is 1. The Kier molecular flexibility index (Phi) is 6.22. The lowest BCUT2D eigenvalue weighted by Crippen LogP contribution is -2.40. The summed E-state index contributed by atoms with van der Waals surface area (Å²) < 4.78 is 42.2. The molecular formula is C18H23N3O6S. The third-order valence-corrected chi connectivity index (χ3v) is 6.29. The molecule has 0 spiro atoms. The van der Waals surface area contributed by atoms with Crippen LogP contribution in [-0.2, 0) is 21.3 Å². The molecule has 10 heteroatoms. The molecule has 1 saturated heterocycles. The molecule has 9 nitrogen and oxygen atoms in total. The highest BCUT2D eigenvalue weighted by molar-refractivity contribution is 7.89. The lowest BCUT2D eigenvalue weighted by Gasteiger charge is -2.25. The number of aromatic nitrogens is 1. The van der Waals surface area contributed by atoms with Gasteiger partial charge in [-0.2, -0.15) is 4.31 Å². The number of benzene rings is 1. The van der Waals surface area contributed by atoms with Crippen LogP contribution in [0.25, 0.3) is 0 Å². The summed E-state index contributed by atoms with van der Waals surface area (Å²) in [5.74, 6) is 0.756. The van der Waals surface area contributed by atoms with E-state index in [1.807, 2.05) is 6.07 Å². The number of hydrogen-bond acceptors (Lipinski definition) is 6. The van der Waals surface area contributed by atoms with E-state index in [2.05, 4.69) is 10.3 Å². The summed E-state index contributed by atoms with van der Waals surface area (Å²) in [7, 11) is -0.561. The van der Waals surface area contributed by atoms with E-state index in [1.54, 1.807) is 19.2 Å². The smallest absolute Gasteiger partial charge is 0.268 e. The molecule has 2 heterocycles. The SMILES string of the molecule is COc1ccc(CNC(=O)c2cc(S(=O)(=O)N3CCOCC3)c[nH]2)cc1OC. The fourth-order valence-corrected chi connectivity index (χ4v) is 4.26. The number of amides is 1. The maximum absolute atomic E-state index is 12.6. The van der Waals surface area contributed by atoms with Crippen molar-refractivity contribution in [1.29, 1.82) is 0 Å². The minimum atomic E-state index is -3.65. The third-order valence-electron chi connectivity index (χ3n) is 4.41. The van der Waals surface area contributed by atoms with Gasteiger partial charge in [-0.1, -0.05) is 6.07 Å². The Morgan fingerprint density at radius 1 is 1.18 bits per heavy atom. The average Bonchev–Trinajstić information content (AvgIpc) is 3.23. The van der Waals surface area contributed by atoms with Crippen molar-refractivity contribution in [2.24, 2.45) is 0 Å². The van der Waals surface area contributed by atoms with Crippen molar-refractivity contribution in [2.75, 3.05) is 40.5 Å². The molecular weight excluding hydrogens is 386 g/mol. The van der Waals surface area contributed by atoms with E-state index < -0.39 is 15.9 Å². The van der Waals surface area contributed by atoms with Gasteiger partial charge in [0.25, 0.3) is 5.91 Å². The summed E-state index contributed by atoms with van der Waals surface area (Å²) in [6.45, 7) is 1.58. The summed E-state index contributed by atoms with van der Waals surface area (Å²) in [4.78, 5) is 15.2. The first-order chi connectivity index (χ1) is 13.5. The minimum Gasteiger partial charge on any atom is -0.493 e. The van der Waals surface area contributed by atoms with Gasteiger partial charge >= 0.3 is 0 Å². The number of carbonyl (C=O) groups excluding carboxylic acids is 1. The fraction of sp³-hybridized carbons (Fsp3) is 0.389. The number of aromatic amines is 1. The highest BCUT2D eigenvalue weighted by Crippen LogP contribution is 2.27. The van der Waals surface area contributed by atoms with Crippen molar-refractivity contribution < 1.29 is 27.4 Å². The largest absolute Gasteiger partial charge is 0.493 e. The molecule has 2 aromatic rings. The van der Waals surface area contributed by atoms with Crippen LogP contribution in [0.3, 0.4) is 0 Å². The Balaban J connectivity index is 1.66. The number of carbonyl (C=O) groups is 1. The van der Waals surface area contributed by atoms with E-state index >= 15 is 0 Å². The Morgan fingerprint density at radius 2 is 1.89 bits per heavy atom. The molecule has 0 saturated carbocycles. The van der Waals surface area contributed by atoms with Gasteiger partial charge in [-0.05, 0) is 23.8 Å². The average molecular weight is 409 g/mol. The van der Waals surface area contributed by atoms with Gasteiger partial charge in [0.05, 0.1) is 27.4 Å². The van der Waals surface area contributed by atoms with Crippen molar-refractivity contribution >= 4 is 15.9 Å². The van der Waals surface area contributed by atoms with Crippen LogP contribution in [-0.4, -0.2) is 64.1 Å². The first-order valence-electron chi connectivity index (χ1n) is 8.71. The van der Waals surface area contributed by atoms with Gasteiger partial charge in [-0.3, -0.25) is 4.79 Å². The normalized spacial score (nSPS) is 15.2. The molecule has 0 unspecified atom stereocenters. The Labute approximate surface area is 163 Å². The summed E-state index contributed by atoms with van der Waals surface area (Å²) in [6.07, 6.45) is 1.33. The maximum atomic E-state index is 12.6. The lowest BCUT2D eigenvalue weighted by molar-refractivity contribution is 0.0730. The van der Waals surface area contributed by atoms with Gasteiger partial charge in [0.2, 0.25) is 10.0 Å². The summed E-state index contributed by atoms with van der Waals surface area (Å²) in [5.41, 5.74) is 0.992. The molecule has 3 rings (SSSR count). The molecule has 1 aliphatic heterocycles. The van der Waals surface area contributed by atoms with E-state index in [4.69, 9.17) is 14.2 Å². The van der Waals surface area contributed by atoms with Crippen molar-refractivity contribution in [3.63, 3.8) is 0 Å². The van der Waals surface area contributed by atoms with Crippen LogP contribution in [0.1, 0.15) is 16.1 Å². The molecule has 0 radical (unpaired) electrons. The molecule has 0 aliphatic carbocycles. The number of H-pyrrole nitrogens is 1. The van der Waals surface area contributed by atoms with Crippen LogP contribution in [0.2, 0.25) is 0 Å². The number of nitrogens with one attached hydrogen (secondary N) is 2. The Morgan fingerprint density at radius 3 is 2.57 bits per heavy atom. The van der Waals surface area contributed by atoms with E-state index in [-0.39, 0.29) is 17.1 Å². The van der Waals surface area contributed by atoms with Crippen LogP contribution in [0, 0.1) is 0 Å². The van der Waals surface area contributed by atoms with Crippen LogP contribution < -0.4 is 14.8 Å². The second-order valence-corrected chi connectivity index (χ2v) is 8.08. The van der Waals surface area contributed by atoms with Crippen LogP contribution >= 0.6 is 0 Å². The molecule has 2 N–H and O–H groups in total. The number of methoxy groups -OCH3 is 2. The van der Waals surface area contributed by atoms with E-state index in [0.29, 0.717) is 37.8 Å². The van der Waals surface area contributed by atoms with Crippen LogP contribution in [0.5, 0.6) is 11.5 Å². The van der Waals surface area contributed by atoms with Gasteiger partial charge in [-0.25, -0.2) is 8.42 Å². The highest BCUT2D eigenvalue weighted by atomic mass is 32.2. The molecule has 152 valence electrons. The lowest BCUT2D eigenvalue weighted by atomic mass is 10.2. The number of sulfonamides is 1. The standard InChI is InChI=1S/C18H23N3O6S/c1-25-16-4-3-13(9-17(16)26-2)11-20-18(22)15-10-14(12-19-15)28(23,24)21-5-7-27-8-6-21/h3-4,9-10,12,19H,5-8,11H2,1-2H3,(H,20,22). The molecule has 1 aliphatic rings. The van der Waals surface area contributed by atoms with E-state index in [9.17, 15) is 13.2 Å². The van der Waals surface area contributed by atoms with Crippen molar-refractivity contribution in [1.82, 2.24) is 14.6 Å². The van der Waals surface area contributed by atoms with Crippen molar-refractivity contribution in [3.8, 4) is 11.5 Å². The zero-order chi connectivity index (χ0) is 20.1. The minimum absolute atomic E-state index is 0.0608.